The van der Waals surface area contributed by atoms with Gasteiger partial charge in [0.05, 0.1) is 6.54 Å². The van der Waals surface area contributed by atoms with Crippen LogP contribution in [-0.4, -0.2) is 41.1 Å². The molecule has 2 rings (SSSR count). The monoisotopic (exact) mass is 266 g/mol. The normalized spacial score (nSPS) is 18.1. The maximum Gasteiger partial charge on any atom is 0.371 e. The third kappa shape index (κ3) is 3.81. The molecule has 1 aromatic heterocycles. The average Bonchev–Trinajstić information content (AvgIpc) is 2.86. The average molecular weight is 266 g/mol. The van der Waals surface area contributed by atoms with Crippen LogP contribution in [0.4, 0.5) is 0 Å². The first-order valence-corrected chi connectivity index (χ1v) is 6.85. The molecule has 1 fully saturated rings. The summed E-state index contributed by atoms with van der Waals surface area (Å²) in [5.41, 5.74) is 0. The summed E-state index contributed by atoms with van der Waals surface area (Å²) in [4.78, 5) is 13.2. The van der Waals surface area contributed by atoms with Gasteiger partial charge in [-0.15, -0.1) is 0 Å². The van der Waals surface area contributed by atoms with Gasteiger partial charge in [-0.3, -0.25) is 0 Å². The van der Waals surface area contributed by atoms with E-state index < -0.39 is 5.97 Å². The third-order valence-electron chi connectivity index (χ3n) is 3.70. The predicted molar refractivity (Wildman–Crippen MR) is 72.2 cm³/mol. The quantitative estimate of drug-likeness (QED) is 0.852. The number of rotatable bonds is 5. The highest BCUT2D eigenvalue weighted by atomic mass is 16.4. The van der Waals surface area contributed by atoms with Gasteiger partial charge < -0.3 is 19.7 Å². The second-order valence-electron chi connectivity index (χ2n) is 5.36. The van der Waals surface area contributed by atoms with Gasteiger partial charge in [0.25, 0.3) is 0 Å². The highest BCUT2D eigenvalue weighted by molar-refractivity contribution is 5.84. The molecule has 0 amide bonds. The van der Waals surface area contributed by atoms with E-state index in [0.29, 0.717) is 24.4 Å². The summed E-state index contributed by atoms with van der Waals surface area (Å²) >= 11 is 0. The molecule has 19 heavy (non-hydrogen) atoms. The van der Waals surface area contributed by atoms with Gasteiger partial charge in [-0.1, -0.05) is 0 Å². The van der Waals surface area contributed by atoms with Crippen LogP contribution in [-0.2, 0) is 6.54 Å². The zero-order chi connectivity index (χ0) is 13.8. The van der Waals surface area contributed by atoms with Gasteiger partial charge in [-0.2, -0.15) is 0 Å². The number of nitrogens with one attached hydrogen (secondary N) is 1. The van der Waals surface area contributed by atoms with Gasteiger partial charge in [-0.25, -0.2) is 4.79 Å². The van der Waals surface area contributed by atoms with E-state index in [0.717, 1.165) is 25.9 Å². The summed E-state index contributed by atoms with van der Waals surface area (Å²) in [6.45, 7) is 7.29. The highest BCUT2D eigenvalue weighted by Gasteiger charge is 2.20. The molecule has 5 nitrogen and oxygen atoms in total. The summed E-state index contributed by atoms with van der Waals surface area (Å²) in [6.07, 6.45) is 2.26. The summed E-state index contributed by atoms with van der Waals surface area (Å²) < 4.78 is 5.22. The molecule has 5 heteroatoms. The van der Waals surface area contributed by atoms with E-state index in [1.807, 2.05) is 0 Å². The molecule has 0 atom stereocenters. The van der Waals surface area contributed by atoms with Crippen LogP contribution >= 0.6 is 0 Å². The molecule has 1 aromatic rings. The number of carboxylic acid groups (broad SMARTS) is 1. The van der Waals surface area contributed by atoms with Gasteiger partial charge in [0.1, 0.15) is 5.76 Å². The molecular formula is C14H22N2O3. The van der Waals surface area contributed by atoms with Crippen molar-refractivity contribution in [1.29, 1.82) is 0 Å². The Kier molecular flexibility index (Phi) is 4.61. The van der Waals surface area contributed by atoms with Crippen molar-refractivity contribution in [2.45, 2.75) is 45.3 Å². The Labute approximate surface area is 113 Å². The van der Waals surface area contributed by atoms with Crippen LogP contribution in [0.15, 0.2) is 16.5 Å². The van der Waals surface area contributed by atoms with Crippen molar-refractivity contribution in [3.05, 3.63) is 23.7 Å². The molecule has 1 aliphatic heterocycles. The minimum atomic E-state index is -1.02. The lowest BCUT2D eigenvalue weighted by Gasteiger charge is -2.34. The van der Waals surface area contributed by atoms with Crippen molar-refractivity contribution in [2.75, 3.05) is 13.1 Å². The number of nitrogens with zero attached hydrogens (tertiary/aromatic N) is 1. The molecule has 1 saturated heterocycles. The molecule has 0 radical (unpaired) electrons. The maximum absolute atomic E-state index is 10.7. The molecule has 106 valence electrons. The van der Waals surface area contributed by atoms with Gasteiger partial charge in [0, 0.05) is 12.1 Å². The molecule has 2 N–H and O–H groups in total. The fourth-order valence-electron chi connectivity index (χ4n) is 2.45. The fourth-order valence-corrected chi connectivity index (χ4v) is 2.45. The number of aromatic carboxylic acids is 1. The first-order valence-electron chi connectivity index (χ1n) is 6.85. The number of piperidine rings is 1. The van der Waals surface area contributed by atoms with Crippen LogP contribution in [0.3, 0.4) is 0 Å². The number of furan rings is 1. The van der Waals surface area contributed by atoms with Crippen LogP contribution in [0.1, 0.15) is 43.0 Å². The summed E-state index contributed by atoms with van der Waals surface area (Å²) in [6, 6.07) is 4.33. The summed E-state index contributed by atoms with van der Waals surface area (Å²) in [7, 11) is 0. The van der Waals surface area contributed by atoms with E-state index in [-0.39, 0.29) is 5.76 Å². The van der Waals surface area contributed by atoms with Crippen molar-refractivity contribution in [2.24, 2.45) is 0 Å². The Bertz CT molecular complexity index is 420. The molecule has 0 saturated carbocycles. The summed E-state index contributed by atoms with van der Waals surface area (Å²) in [5.74, 6) is -0.327. The van der Waals surface area contributed by atoms with Crippen LogP contribution in [0, 0.1) is 0 Å². The molecule has 0 unspecified atom stereocenters. The van der Waals surface area contributed by atoms with Crippen LogP contribution in [0.5, 0.6) is 0 Å². The van der Waals surface area contributed by atoms with Crippen molar-refractivity contribution < 1.29 is 14.3 Å². The number of likely N-dealkylation sites (tertiary alicyclic amines) is 1. The minimum absolute atomic E-state index is 0.00595. The lowest BCUT2D eigenvalue weighted by atomic mass is 10.0. The Morgan fingerprint density at radius 2 is 2.16 bits per heavy atom. The Morgan fingerprint density at radius 1 is 1.47 bits per heavy atom. The second kappa shape index (κ2) is 6.21. The topological polar surface area (TPSA) is 65.7 Å². The van der Waals surface area contributed by atoms with E-state index in [4.69, 9.17) is 9.52 Å². The lowest BCUT2D eigenvalue weighted by Crippen LogP contribution is -2.44. The van der Waals surface area contributed by atoms with Gasteiger partial charge in [-0.05, 0) is 51.9 Å². The van der Waals surface area contributed by atoms with Crippen LogP contribution in [0.25, 0.3) is 0 Å². The molecule has 0 aliphatic carbocycles. The minimum Gasteiger partial charge on any atom is -0.475 e. The maximum atomic E-state index is 10.7. The molecule has 0 bridgehead atoms. The van der Waals surface area contributed by atoms with Gasteiger partial charge in [0.2, 0.25) is 5.76 Å². The molecule has 0 aromatic carbocycles. The Hall–Kier alpha value is -1.33. The SMILES string of the molecule is CC(C)N1CCC(NCc2ccc(C(=O)O)o2)CC1. The van der Waals surface area contributed by atoms with E-state index in [9.17, 15) is 4.79 Å². The fraction of sp³-hybridized carbons (Fsp3) is 0.643. The zero-order valence-corrected chi connectivity index (χ0v) is 11.6. The lowest BCUT2D eigenvalue weighted by molar-refractivity contribution is 0.0660. The Morgan fingerprint density at radius 3 is 2.68 bits per heavy atom. The van der Waals surface area contributed by atoms with Gasteiger partial charge >= 0.3 is 5.97 Å². The van der Waals surface area contributed by atoms with Crippen molar-refractivity contribution in [3.63, 3.8) is 0 Å². The Balaban J connectivity index is 1.75. The smallest absolute Gasteiger partial charge is 0.371 e. The van der Waals surface area contributed by atoms with Crippen molar-refractivity contribution in [1.82, 2.24) is 10.2 Å². The van der Waals surface area contributed by atoms with Crippen molar-refractivity contribution in [3.8, 4) is 0 Å². The number of carbonyl (C=O) groups is 1. The predicted octanol–water partition coefficient (Wildman–Crippen LogP) is 1.94. The highest BCUT2D eigenvalue weighted by Crippen LogP contribution is 2.14. The van der Waals surface area contributed by atoms with Crippen LogP contribution < -0.4 is 5.32 Å². The van der Waals surface area contributed by atoms with E-state index in [2.05, 4.69) is 24.1 Å². The third-order valence-corrected chi connectivity index (χ3v) is 3.70. The van der Waals surface area contributed by atoms with Crippen molar-refractivity contribution >= 4 is 5.97 Å². The molecule has 0 spiro atoms. The molecular weight excluding hydrogens is 244 g/mol. The number of hydrogen-bond donors (Lipinski definition) is 2. The van der Waals surface area contributed by atoms with Crippen LogP contribution in [0.2, 0.25) is 0 Å². The number of carboxylic acids is 1. The second-order valence-corrected chi connectivity index (χ2v) is 5.36. The largest absolute Gasteiger partial charge is 0.475 e. The van der Waals surface area contributed by atoms with E-state index >= 15 is 0 Å². The van der Waals surface area contributed by atoms with E-state index in [1.54, 1.807) is 6.07 Å². The standard InChI is InChI=1S/C14H22N2O3/c1-10(2)16-7-5-11(6-8-16)15-9-12-3-4-13(19-12)14(17)18/h3-4,10-11,15H,5-9H2,1-2H3,(H,17,18). The molecule has 2 heterocycles. The first kappa shape index (κ1) is 14.1. The number of hydrogen-bond acceptors (Lipinski definition) is 4. The summed E-state index contributed by atoms with van der Waals surface area (Å²) in [5, 5.41) is 12.2. The molecule has 1 aliphatic rings. The van der Waals surface area contributed by atoms with Gasteiger partial charge in [0.15, 0.2) is 0 Å². The zero-order valence-electron chi connectivity index (χ0n) is 11.6. The van der Waals surface area contributed by atoms with E-state index in [1.165, 1.54) is 6.07 Å². The first-order chi connectivity index (χ1) is 9.06.